The molecule has 0 heterocycles. The van der Waals surface area contributed by atoms with Crippen molar-refractivity contribution in [2.24, 2.45) is 0 Å². The van der Waals surface area contributed by atoms with Gasteiger partial charge in [0.1, 0.15) is 5.82 Å². The first-order chi connectivity index (χ1) is 8.97. The highest BCUT2D eigenvalue weighted by Gasteiger charge is 2.11. The molecular weight excluding hydrogens is 257 g/mol. The van der Waals surface area contributed by atoms with Crippen LogP contribution in [0, 0.1) is 17.5 Å². The van der Waals surface area contributed by atoms with Gasteiger partial charge >= 0.3 is 0 Å². The number of benzene rings is 2. The molecule has 0 saturated heterocycles. The lowest BCUT2D eigenvalue weighted by Crippen LogP contribution is -1.96. The van der Waals surface area contributed by atoms with Crippen molar-refractivity contribution in [1.82, 2.24) is 0 Å². The van der Waals surface area contributed by atoms with Crippen molar-refractivity contribution in [3.8, 4) is 11.5 Å². The van der Waals surface area contributed by atoms with Gasteiger partial charge < -0.3 is 9.84 Å². The van der Waals surface area contributed by atoms with Crippen molar-refractivity contribution in [3.05, 3.63) is 59.4 Å². The lowest BCUT2D eigenvalue weighted by Gasteiger charge is -2.10. The van der Waals surface area contributed by atoms with Gasteiger partial charge in [-0.2, -0.15) is 0 Å². The summed E-state index contributed by atoms with van der Waals surface area (Å²) < 4.78 is 44.8. The third-order valence-corrected chi connectivity index (χ3v) is 2.55. The van der Waals surface area contributed by atoms with Gasteiger partial charge in [0.25, 0.3) is 0 Å². The molecule has 0 spiro atoms. The van der Waals surface area contributed by atoms with Gasteiger partial charge in [-0.1, -0.05) is 6.07 Å². The van der Waals surface area contributed by atoms with Crippen LogP contribution in [0.15, 0.2) is 36.4 Å². The Morgan fingerprint density at radius 3 is 2.05 bits per heavy atom. The predicted molar refractivity (Wildman–Crippen MR) is 63.5 cm³/mol. The summed E-state index contributed by atoms with van der Waals surface area (Å²) in [6.07, 6.45) is -0.814. The molecule has 2 nitrogen and oxygen atoms in total. The Labute approximate surface area is 108 Å². The van der Waals surface area contributed by atoms with E-state index in [-0.39, 0.29) is 11.5 Å². The van der Waals surface area contributed by atoms with Gasteiger partial charge in [-0.15, -0.1) is 0 Å². The Morgan fingerprint density at radius 1 is 0.947 bits per heavy atom. The first kappa shape index (κ1) is 13.4. The van der Waals surface area contributed by atoms with Gasteiger partial charge in [0.05, 0.1) is 6.10 Å². The molecule has 0 aliphatic heterocycles. The normalized spacial score (nSPS) is 12.3. The number of aliphatic hydroxyl groups is 1. The lowest BCUT2D eigenvalue weighted by molar-refractivity contribution is 0.198. The van der Waals surface area contributed by atoms with E-state index < -0.39 is 23.6 Å². The van der Waals surface area contributed by atoms with E-state index in [2.05, 4.69) is 0 Å². The first-order valence-corrected chi connectivity index (χ1v) is 5.58. The number of rotatable bonds is 3. The second-order valence-electron chi connectivity index (χ2n) is 4.04. The second kappa shape index (κ2) is 5.32. The Hall–Kier alpha value is -2.01. The molecule has 0 saturated carbocycles. The van der Waals surface area contributed by atoms with Crippen LogP contribution in [0.5, 0.6) is 11.5 Å². The minimum absolute atomic E-state index is 0.199. The molecule has 0 amide bonds. The summed E-state index contributed by atoms with van der Waals surface area (Å²) in [6.45, 7) is 1.49. The molecule has 100 valence electrons. The van der Waals surface area contributed by atoms with Crippen LogP contribution < -0.4 is 4.74 Å². The number of hydrogen-bond donors (Lipinski definition) is 1. The van der Waals surface area contributed by atoms with Crippen molar-refractivity contribution < 1.29 is 23.0 Å². The van der Waals surface area contributed by atoms with Crippen LogP contribution in [0.25, 0.3) is 0 Å². The van der Waals surface area contributed by atoms with Crippen LogP contribution in [-0.2, 0) is 0 Å². The molecule has 2 aromatic rings. The maximum atomic E-state index is 13.7. The minimum atomic E-state index is -0.918. The van der Waals surface area contributed by atoms with E-state index in [9.17, 15) is 18.3 Å². The zero-order valence-corrected chi connectivity index (χ0v) is 10.0. The lowest BCUT2D eigenvalue weighted by atomic mass is 10.1. The third-order valence-electron chi connectivity index (χ3n) is 2.55. The SMILES string of the molecule is C[C@H](O)c1ccc(Oc2ccc(F)cc2F)c(F)c1. The highest BCUT2D eigenvalue weighted by molar-refractivity contribution is 5.35. The topological polar surface area (TPSA) is 29.5 Å². The van der Waals surface area contributed by atoms with Gasteiger partial charge in [0.15, 0.2) is 23.1 Å². The quantitative estimate of drug-likeness (QED) is 0.913. The van der Waals surface area contributed by atoms with E-state index >= 15 is 0 Å². The van der Waals surface area contributed by atoms with E-state index in [1.54, 1.807) is 0 Å². The molecule has 2 aromatic carbocycles. The van der Waals surface area contributed by atoms with Gasteiger partial charge in [0, 0.05) is 6.07 Å². The summed E-state index contributed by atoms with van der Waals surface area (Å²) >= 11 is 0. The van der Waals surface area contributed by atoms with E-state index in [4.69, 9.17) is 4.74 Å². The molecule has 19 heavy (non-hydrogen) atoms. The molecule has 1 atom stereocenters. The molecule has 0 radical (unpaired) electrons. The smallest absolute Gasteiger partial charge is 0.168 e. The van der Waals surface area contributed by atoms with E-state index in [1.807, 2.05) is 0 Å². The Bertz CT molecular complexity index is 597. The molecule has 0 aromatic heterocycles. The van der Waals surface area contributed by atoms with Gasteiger partial charge in [-0.05, 0) is 36.8 Å². The third kappa shape index (κ3) is 3.06. The predicted octanol–water partition coefficient (Wildman–Crippen LogP) is 3.95. The number of halogens is 3. The van der Waals surface area contributed by atoms with E-state index in [0.717, 1.165) is 18.2 Å². The zero-order valence-electron chi connectivity index (χ0n) is 10.0. The van der Waals surface area contributed by atoms with Crippen LogP contribution in [-0.4, -0.2) is 5.11 Å². The standard InChI is InChI=1S/C14H11F3O2/c1-8(18)9-2-4-13(11(16)6-9)19-14-5-3-10(15)7-12(14)17/h2-8,18H,1H3/t8-/m0/s1. The fourth-order valence-corrected chi connectivity index (χ4v) is 1.54. The van der Waals surface area contributed by atoms with Crippen LogP contribution >= 0.6 is 0 Å². The molecule has 2 rings (SSSR count). The molecule has 0 bridgehead atoms. The summed E-state index contributed by atoms with van der Waals surface area (Å²) in [6, 6.07) is 6.58. The van der Waals surface area contributed by atoms with E-state index in [1.165, 1.54) is 19.1 Å². The highest BCUT2D eigenvalue weighted by atomic mass is 19.1. The van der Waals surface area contributed by atoms with Gasteiger partial charge in [-0.25, -0.2) is 13.2 Å². The second-order valence-corrected chi connectivity index (χ2v) is 4.04. The van der Waals surface area contributed by atoms with Crippen LogP contribution in [0.2, 0.25) is 0 Å². The van der Waals surface area contributed by atoms with Crippen LogP contribution in [0.4, 0.5) is 13.2 Å². The summed E-state index contributed by atoms with van der Waals surface area (Å²) in [7, 11) is 0. The molecule has 5 heteroatoms. The maximum absolute atomic E-state index is 13.7. The fourth-order valence-electron chi connectivity index (χ4n) is 1.54. The highest BCUT2D eigenvalue weighted by Crippen LogP contribution is 2.28. The first-order valence-electron chi connectivity index (χ1n) is 5.58. The van der Waals surface area contributed by atoms with Gasteiger partial charge in [-0.3, -0.25) is 0 Å². The number of hydrogen-bond acceptors (Lipinski definition) is 2. The molecule has 0 unspecified atom stereocenters. The van der Waals surface area contributed by atoms with Crippen LogP contribution in [0.3, 0.4) is 0 Å². The minimum Gasteiger partial charge on any atom is -0.451 e. The summed E-state index contributed by atoms with van der Waals surface area (Å²) in [5.74, 6) is -2.86. The molecule has 1 N–H and O–H groups in total. The van der Waals surface area contributed by atoms with Crippen LogP contribution in [0.1, 0.15) is 18.6 Å². The average molecular weight is 268 g/mol. The number of aliphatic hydroxyl groups excluding tert-OH is 1. The van der Waals surface area contributed by atoms with E-state index in [0.29, 0.717) is 11.6 Å². The largest absolute Gasteiger partial charge is 0.451 e. The summed E-state index contributed by atoms with van der Waals surface area (Å²) in [4.78, 5) is 0. The fraction of sp³-hybridized carbons (Fsp3) is 0.143. The van der Waals surface area contributed by atoms with Crippen molar-refractivity contribution in [2.75, 3.05) is 0 Å². The Balaban J connectivity index is 2.28. The van der Waals surface area contributed by atoms with Crippen molar-refractivity contribution in [1.29, 1.82) is 0 Å². The Kier molecular flexibility index (Phi) is 3.76. The van der Waals surface area contributed by atoms with Crippen molar-refractivity contribution in [2.45, 2.75) is 13.0 Å². The molecular formula is C14H11F3O2. The maximum Gasteiger partial charge on any atom is 0.168 e. The molecule has 0 aliphatic rings. The zero-order chi connectivity index (χ0) is 14.0. The van der Waals surface area contributed by atoms with Crippen molar-refractivity contribution in [3.63, 3.8) is 0 Å². The van der Waals surface area contributed by atoms with Gasteiger partial charge in [0.2, 0.25) is 0 Å². The Morgan fingerprint density at radius 2 is 1.53 bits per heavy atom. The monoisotopic (exact) mass is 268 g/mol. The van der Waals surface area contributed by atoms with Crippen molar-refractivity contribution >= 4 is 0 Å². The molecule has 0 fully saturated rings. The summed E-state index contributed by atoms with van der Waals surface area (Å²) in [5, 5.41) is 9.29. The summed E-state index contributed by atoms with van der Waals surface area (Å²) in [5.41, 5.74) is 0.379. The average Bonchev–Trinajstić information content (AvgIpc) is 2.34. The molecule has 0 aliphatic carbocycles. The number of ether oxygens (including phenoxy) is 1.